The molecule has 0 aromatic rings. The lowest BCUT2D eigenvalue weighted by Gasteiger charge is -2.34. The first-order valence-corrected chi connectivity index (χ1v) is 6.74. The zero-order valence-corrected chi connectivity index (χ0v) is 10.3. The van der Waals surface area contributed by atoms with Crippen LogP contribution in [-0.2, 0) is 4.79 Å². The average molecular weight is 224 g/mol. The van der Waals surface area contributed by atoms with Gasteiger partial charge in [0, 0.05) is 19.0 Å². The highest BCUT2D eigenvalue weighted by molar-refractivity contribution is 5.79. The maximum Gasteiger partial charge on any atom is 0.223 e. The minimum atomic E-state index is 0.343. The Bertz CT molecular complexity index is 246. The first-order valence-electron chi connectivity index (χ1n) is 6.74. The largest absolute Gasteiger partial charge is 0.339 e. The minimum Gasteiger partial charge on any atom is -0.339 e. The van der Waals surface area contributed by atoms with Gasteiger partial charge in [-0.2, -0.15) is 0 Å². The lowest BCUT2D eigenvalue weighted by Crippen LogP contribution is -2.39. The summed E-state index contributed by atoms with van der Waals surface area (Å²) in [6, 6.07) is 0.520. The standard InChI is InChI=1S/C13H24N2O/c1-2-10-3-5-12(6-4-10)15-9-11(8-14)7-13(15)16/h10-12H,2-9,14H2,1H3. The molecule has 0 spiro atoms. The summed E-state index contributed by atoms with van der Waals surface area (Å²) in [5.74, 6) is 1.66. The molecule has 1 aliphatic heterocycles. The van der Waals surface area contributed by atoms with Gasteiger partial charge in [-0.3, -0.25) is 4.79 Å². The zero-order chi connectivity index (χ0) is 11.5. The van der Waals surface area contributed by atoms with Crippen molar-refractivity contribution in [3.8, 4) is 0 Å². The molecule has 2 N–H and O–H groups in total. The van der Waals surface area contributed by atoms with E-state index in [0.717, 1.165) is 12.5 Å². The SMILES string of the molecule is CCC1CCC(N2CC(CN)CC2=O)CC1. The molecule has 0 radical (unpaired) electrons. The van der Waals surface area contributed by atoms with Crippen molar-refractivity contribution < 1.29 is 4.79 Å². The summed E-state index contributed by atoms with van der Waals surface area (Å²) in [7, 11) is 0. The number of nitrogens with zero attached hydrogens (tertiary/aromatic N) is 1. The Morgan fingerprint density at radius 1 is 1.25 bits per heavy atom. The van der Waals surface area contributed by atoms with E-state index in [0.29, 0.717) is 30.8 Å². The van der Waals surface area contributed by atoms with Crippen molar-refractivity contribution in [3.63, 3.8) is 0 Å². The van der Waals surface area contributed by atoms with E-state index in [2.05, 4.69) is 11.8 Å². The summed E-state index contributed by atoms with van der Waals surface area (Å²) in [4.78, 5) is 14.0. The van der Waals surface area contributed by atoms with Crippen LogP contribution in [0.2, 0.25) is 0 Å². The molecule has 1 heterocycles. The van der Waals surface area contributed by atoms with E-state index in [1.807, 2.05) is 0 Å². The fourth-order valence-corrected chi connectivity index (χ4v) is 3.18. The quantitative estimate of drug-likeness (QED) is 0.794. The van der Waals surface area contributed by atoms with Crippen LogP contribution in [0.4, 0.5) is 0 Å². The number of hydrogen-bond acceptors (Lipinski definition) is 2. The molecule has 16 heavy (non-hydrogen) atoms. The molecule has 0 bridgehead atoms. The third kappa shape index (κ3) is 2.40. The highest BCUT2D eigenvalue weighted by Gasteiger charge is 2.35. The lowest BCUT2D eigenvalue weighted by atomic mass is 9.84. The molecule has 2 rings (SSSR count). The summed E-state index contributed by atoms with van der Waals surface area (Å²) in [5, 5.41) is 0. The third-order valence-corrected chi connectivity index (χ3v) is 4.41. The van der Waals surface area contributed by atoms with E-state index >= 15 is 0 Å². The third-order valence-electron chi connectivity index (χ3n) is 4.41. The maximum absolute atomic E-state index is 11.9. The summed E-state index contributed by atoms with van der Waals surface area (Å²) in [6.07, 6.45) is 7.01. The van der Waals surface area contributed by atoms with Crippen molar-refractivity contribution in [1.82, 2.24) is 4.90 Å². The summed E-state index contributed by atoms with van der Waals surface area (Å²) >= 11 is 0. The number of carbonyl (C=O) groups excluding carboxylic acids is 1. The number of amides is 1. The molecule has 1 amide bonds. The number of nitrogens with two attached hydrogens (primary N) is 1. The Morgan fingerprint density at radius 2 is 1.94 bits per heavy atom. The van der Waals surface area contributed by atoms with Gasteiger partial charge in [0.15, 0.2) is 0 Å². The number of rotatable bonds is 3. The average Bonchev–Trinajstić information content (AvgIpc) is 2.71. The second-order valence-electron chi connectivity index (χ2n) is 5.43. The molecule has 1 unspecified atom stereocenters. The topological polar surface area (TPSA) is 46.3 Å². The second-order valence-corrected chi connectivity index (χ2v) is 5.43. The molecule has 1 saturated heterocycles. The fourth-order valence-electron chi connectivity index (χ4n) is 3.18. The Balaban J connectivity index is 1.87. The molecule has 1 saturated carbocycles. The fraction of sp³-hybridized carbons (Fsp3) is 0.923. The van der Waals surface area contributed by atoms with Gasteiger partial charge in [0.2, 0.25) is 5.91 Å². The van der Waals surface area contributed by atoms with Gasteiger partial charge >= 0.3 is 0 Å². The van der Waals surface area contributed by atoms with E-state index in [4.69, 9.17) is 5.73 Å². The Hall–Kier alpha value is -0.570. The van der Waals surface area contributed by atoms with Gasteiger partial charge in [0.1, 0.15) is 0 Å². The molecule has 3 nitrogen and oxygen atoms in total. The van der Waals surface area contributed by atoms with Crippen molar-refractivity contribution in [3.05, 3.63) is 0 Å². The van der Waals surface area contributed by atoms with Gasteiger partial charge < -0.3 is 10.6 Å². The molecule has 0 aromatic heterocycles. The summed E-state index contributed by atoms with van der Waals surface area (Å²) < 4.78 is 0. The number of likely N-dealkylation sites (tertiary alicyclic amines) is 1. The van der Waals surface area contributed by atoms with Gasteiger partial charge in [-0.05, 0) is 44.1 Å². The summed E-state index contributed by atoms with van der Waals surface area (Å²) in [5.41, 5.74) is 5.65. The number of hydrogen-bond donors (Lipinski definition) is 1. The van der Waals surface area contributed by atoms with Gasteiger partial charge in [-0.1, -0.05) is 13.3 Å². The predicted octanol–water partition coefficient (Wildman–Crippen LogP) is 1.76. The van der Waals surface area contributed by atoms with Gasteiger partial charge in [-0.15, -0.1) is 0 Å². The maximum atomic E-state index is 11.9. The molecule has 2 fully saturated rings. The minimum absolute atomic E-state index is 0.343. The van der Waals surface area contributed by atoms with E-state index in [-0.39, 0.29) is 0 Å². The first-order chi connectivity index (χ1) is 7.74. The van der Waals surface area contributed by atoms with Crippen LogP contribution >= 0.6 is 0 Å². The first kappa shape index (κ1) is 11.9. The molecule has 1 aliphatic carbocycles. The molecule has 92 valence electrons. The van der Waals surface area contributed by atoms with Gasteiger partial charge in [-0.25, -0.2) is 0 Å². The van der Waals surface area contributed by atoms with E-state index in [1.165, 1.54) is 32.1 Å². The monoisotopic (exact) mass is 224 g/mol. The molecule has 1 atom stereocenters. The van der Waals surface area contributed by atoms with Crippen LogP contribution in [0.15, 0.2) is 0 Å². The molecule has 2 aliphatic rings. The highest BCUT2D eigenvalue weighted by atomic mass is 16.2. The van der Waals surface area contributed by atoms with Crippen molar-refractivity contribution in [1.29, 1.82) is 0 Å². The van der Waals surface area contributed by atoms with Gasteiger partial charge in [0.25, 0.3) is 0 Å². The van der Waals surface area contributed by atoms with Crippen LogP contribution in [0.5, 0.6) is 0 Å². The lowest BCUT2D eigenvalue weighted by molar-refractivity contribution is -0.130. The van der Waals surface area contributed by atoms with Crippen molar-refractivity contribution >= 4 is 5.91 Å². The normalized spacial score (nSPS) is 35.8. The van der Waals surface area contributed by atoms with Crippen molar-refractivity contribution in [2.75, 3.05) is 13.1 Å². The van der Waals surface area contributed by atoms with E-state index < -0.39 is 0 Å². The highest BCUT2D eigenvalue weighted by Crippen LogP contribution is 2.32. The second kappa shape index (κ2) is 5.17. The van der Waals surface area contributed by atoms with Crippen LogP contribution in [0.1, 0.15) is 45.4 Å². The van der Waals surface area contributed by atoms with Crippen LogP contribution in [0.3, 0.4) is 0 Å². The smallest absolute Gasteiger partial charge is 0.223 e. The summed E-state index contributed by atoms with van der Waals surface area (Å²) in [6.45, 7) is 3.85. The molecule has 0 aromatic carbocycles. The molecular formula is C13H24N2O. The van der Waals surface area contributed by atoms with Crippen molar-refractivity contribution in [2.24, 2.45) is 17.6 Å². The number of carbonyl (C=O) groups is 1. The van der Waals surface area contributed by atoms with E-state index in [9.17, 15) is 4.79 Å². The Morgan fingerprint density at radius 3 is 2.44 bits per heavy atom. The van der Waals surface area contributed by atoms with Crippen LogP contribution in [0, 0.1) is 11.8 Å². The molecular weight excluding hydrogens is 200 g/mol. The van der Waals surface area contributed by atoms with Crippen LogP contribution < -0.4 is 5.73 Å². The molecule has 3 heteroatoms. The van der Waals surface area contributed by atoms with Crippen LogP contribution in [-0.4, -0.2) is 29.9 Å². The van der Waals surface area contributed by atoms with E-state index in [1.54, 1.807) is 0 Å². The predicted molar refractivity (Wildman–Crippen MR) is 64.9 cm³/mol. The van der Waals surface area contributed by atoms with Gasteiger partial charge in [0.05, 0.1) is 0 Å². The van der Waals surface area contributed by atoms with Crippen LogP contribution in [0.25, 0.3) is 0 Å². The Kier molecular flexibility index (Phi) is 3.85. The Labute approximate surface area is 98.4 Å². The van der Waals surface area contributed by atoms with Crippen molar-refractivity contribution in [2.45, 2.75) is 51.5 Å². The zero-order valence-electron chi connectivity index (χ0n) is 10.3.